The second-order valence-electron chi connectivity index (χ2n) is 2.46. The Morgan fingerprint density at radius 2 is 2.55 bits per heavy atom. The second kappa shape index (κ2) is 2.88. The predicted octanol–water partition coefficient (Wildman–Crippen LogP) is 0.407. The summed E-state index contributed by atoms with van der Waals surface area (Å²) in [5, 5.41) is 9.34. The third-order valence-corrected chi connectivity index (χ3v) is 1.61. The van der Waals surface area contributed by atoms with Gasteiger partial charge in [0.25, 0.3) is 0 Å². The quantitative estimate of drug-likeness (QED) is 0.586. The predicted molar refractivity (Wildman–Crippen MR) is 39.9 cm³/mol. The molecule has 0 saturated heterocycles. The van der Waals surface area contributed by atoms with E-state index >= 15 is 0 Å². The maximum Gasteiger partial charge on any atom is 0.155 e. The Morgan fingerprint density at radius 1 is 1.82 bits per heavy atom. The lowest BCUT2D eigenvalue weighted by molar-refractivity contribution is -0.119. The highest BCUT2D eigenvalue weighted by Crippen LogP contribution is 2.18. The first-order valence-electron chi connectivity index (χ1n) is 3.32. The molecule has 1 unspecified atom stereocenters. The lowest BCUT2D eigenvalue weighted by Crippen LogP contribution is -2.28. The van der Waals surface area contributed by atoms with Crippen molar-refractivity contribution < 1.29 is 14.6 Å². The fourth-order valence-corrected chi connectivity index (χ4v) is 0.865. The maximum absolute atomic E-state index is 10.3. The normalized spacial score (nSPS) is 29.5. The number of aliphatic hydroxyl groups is 1. The van der Waals surface area contributed by atoms with Gasteiger partial charge in [-0.15, -0.1) is 0 Å². The number of allylic oxidation sites excluding steroid dienone is 1. The van der Waals surface area contributed by atoms with Crippen LogP contribution in [0, 0.1) is 0 Å². The van der Waals surface area contributed by atoms with Gasteiger partial charge in [0.1, 0.15) is 11.4 Å². The van der Waals surface area contributed by atoms with Crippen molar-refractivity contribution in [3.05, 3.63) is 24.0 Å². The molecule has 11 heavy (non-hydrogen) atoms. The molecule has 0 bridgehead atoms. The molecule has 1 aliphatic rings. The van der Waals surface area contributed by atoms with Crippen LogP contribution in [0.25, 0.3) is 0 Å². The molecule has 3 nitrogen and oxygen atoms in total. The van der Waals surface area contributed by atoms with Crippen LogP contribution in [-0.2, 0) is 9.53 Å². The molecule has 0 saturated carbocycles. The third kappa shape index (κ3) is 1.68. The number of hydrogen-bond acceptors (Lipinski definition) is 3. The largest absolute Gasteiger partial charge is 0.497 e. The number of rotatable bonds is 2. The summed E-state index contributed by atoms with van der Waals surface area (Å²) in [6.45, 7) is 0. The Bertz CT molecular complexity index is 217. The van der Waals surface area contributed by atoms with Gasteiger partial charge in [0, 0.05) is 6.42 Å². The highest BCUT2D eigenvalue weighted by atomic mass is 16.5. The van der Waals surface area contributed by atoms with Crippen LogP contribution >= 0.6 is 0 Å². The monoisotopic (exact) mass is 154 g/mol. The molecule has 1 N–H and O–H groups in total. The topological polar surface area (TPSA) is 46.5 Å². The summed E-state index contributed by atoms with van der Waals surface area (Å²) in [6.07, 6.45) is 5.49. The zero-order valence-corrected chi connectivity index (χ0v) is 6.28. The molecule has 0 radical (unpaired) electrons. The molecule has 1 aliphatic carbocycles. The highest BCUT2D eigenvalue weighted by molar-refractivity contribution is 5.67. The van der Waals surface area contributed by atoms with E-state index in [1.807, 2.05) is 0 Å². The van der Waals surface area contributed by atoms with Gasteiger partial charge in [-0.3, -0.25) is 4.79 Å². The standard InChI is InChI=1S/C8H10O3/c1-11-7-2-4-8(10,6-9)5-3-7/h2-4,6,10H,5H2,1H3. The molecule has 0 aromatic carbocycles. The van der Waals surface area contributed by atoms with Gasteiger partial charge in [-0.2, -0.15) is 0 Å². The minimum Gasteiger partial charge on any atom is -0.497 e. The number of carbonyl (C=O) groups excluding carboxylic acids is 1. The summed E-state index contributed by atoms with van der Waals surface area (Å²) in [6, 6.07) is 0. The summed E-state index contributed by atoms with van der Waals surface area (Å²) in [5.74, 6) is 0.677. The van der Waals surface area contributed by atoms with E-state index in [2.05, 4.69) is 0 Å². The second-order valence-corrected chi connectivity index (χ2v) is 2.46. The number of methoxy groups -OCH3 is 1. The molecular weight excluding hydrogens is 144 g/mol. The van der Waals surface area contributed by atoms with Crippen molar-refractivity contribution in [3.8, 4) is 0 Å². The smallest absolute Gasteiger partial charge is 0.155 e. The van der Waals surface area contributed by atoms with Crippen LogP contribution in [0.5, 0.6) is 0 Å². The van der Waals surface area contributed by atoms with E-state index in [0.717, 1.165) is 0 Å². The van der Waals surface area contributed by atoms with Crippen molar-refractivity contribution in [1.29, 1.82) is 0 Å². The van der Waals surface area contributed by atoms with Crippen molar-refractivity contribution >= 4 is 6.29 Å². The lowest BCUT2D eigenvalue weighted by atomic mass is 9.97. The van der Waals surface area contributed by atoms with E-state index in [-0.39, 0.29) is 6.42 Å². The fourth-order valence-electron chi connectivity index (χ4n) is 0.865. The summed E-state index contributed by atoms with van der Waals surface area (Å²) < 4.78 is 4.88. The number of ether oxygens (including phenoxy) is 1. The van der Waals surface area contributed by atoms with Crippen LogP contribution in [0.15, 0.2) is 24.0 Å². The first-order valence-corrected chi connectivity index (χ1v) is 3.32. The van der Waals surface area contributed by atoms with Gasteiger partial charge in [0.2, 0.25) is 0 Å². The zero-order valence-electron chi connectivity index (χ0n) is 6.28. The molecule has 1 rings (SSSR count). The summed E-state index contributed by atoms with van der Waals surface area (Å²) in [4.78, 5) is 10.3. The Kier molecular flexibility index (Phi) is 2.10. The van der Waals surface area contributed by atoms with Gasteiger partial charge < -0.3 is 9.84 Å². The molecule has 0 amide bonds. The van der Waals surface area contributed by atoms with Crippen molar-refractivity contribution in [3.63, 3.8) is 0 Å². The van der Waals surface area contributed by atoms with Crippen molar-refractivity contribution in [2.75, 3.05) is 7.11 Å². The van der Waals surface area contributed by atoms with E-state index < -0.39 is 5.60 Å². The van der Waals surface area contributed by atoms with Crippen LogP contribution in [0.4, 0.5) is 0 Å². The van der Waals surface area contributed by atoms with Crippen molar-refractivity contribution in [2.45, 2.75) is 12.0 Å². The Hall–Kier alpha value is -1.09. The molecule has 0 heterocycles. The first kappa shape index (κ1) is 8.01. The Morgan fingerprint density at radius 3 is 2.91 bits per heavy atom. The Labute approximate surface area is 65.0 Å². The van der Waals surface area contributed by atoms with Crippen molar-refractivity contribution in [1.82, 2.24) is 0 Å². The van der Waals surface area contributed by atoms with E-state index in [0.29, 0.717) is 12.0 Å². The van der Waals surface area contributed by atoms with E-state index in [4.69, 9.17) is 4.74 Å². The summed E-state index contributed by atoms with van der Waals surface area (Å²) in [5.41, 5.74) is -1.32. The first-order chi connectivity index (χ1) is 5.20. The van der Waals surface area contributed by atoms with Gasteiger partial charge in [0.05, 0.1) is 7.11 Å². The molecule has 1 atom stereocenters. The minimum absolute atomic E-state index is 0.288. The number of aldehydes is 1. The SMILES string of the molecule is COC1=CCC(O)(C=O)C=C1. The lowest BCUT2D eigenvalue weighted by Gasteiger charge is -2.18. The van der Waals surface area contributed by atoms with Gasteiger partial charge in [-0.25, -0.2) is 0 Å². The molecule has 0 aromatic rings. The average molecular weight is 154 g/mol. The van der Waals surface area contributed by atoms with Gasteiger partial charge in [-0.1, -0.05) is 0 Å². The summed E-state index contributed by atoms with van der Waals surface area (Å²) in [7, 11) is 1.54. The number of carbonyl (C=O) groups is 1. The molecular formula is C8H10O3. The molecule has 60 valence electrons. The van der Waals surface area contributed by atoms with E-state index in [1.165, 1.54) is 6.08 Å². The minimum atomic E-state index is -1.32. The van der Waals surface area contributed by atoms with Gasteiger partial charge in [0.15, 0.2) is 6.29 Å². The average Bonchev–Trinajstić information content (AvgIpc) is 2.06. The van der Waals surface area contributed by atoms with Crippen LogP contribution in [-0.4, -0.2) is 24.1 Å². The Balaban J connectivity index is 2.70. The molecule has 0 aromatic heterocycles. The van der Waals surface area contributed by atoms with E-state index in [1.54, 1.807) is 19.3 Å². The van der Waals surface area contributed by atoms with Crippen LogP contribution < -0.4 is 0 Å². The zero-order chi connectivity index (χ0) is 8.32. The van der Waals surface area contributed by atoms with Gasteiger partial charge in [-0.05, 0) is 18.2 Å². The van der Waals surface area contributed by atoms with E-state index in [9.17, 15) is 9.90 Å². The summed E-state index contributed by atoms with van der Waals surface area (Å²) >= 11 is 0. The van der Waals surface area contributed by atoms with Crippen LogP contribution in [0.2, 0.25) is 0 Å². The van der Waals surface area contributed by atoms with Crippen molar-refractivity contribution in [2.24, 2.45) is 0 Å². The van der Waals surface area contributed by atoms with Crippen LogP contribution in [0.3, 0.4) is 0 Å². The molecule has 0 aliphatic heterocycles. The number of hydrogen-bond donors (Lipinski definition) is 1. The highest BCUT2D eigenvalue weighted by Gasteiger charge is 2.23. The maximum atomic E-state index is 10.3. The molecule has 0 spiro atoms. The fraction of sp³-hybridized carbons (Fsp3) is 0.375. The third-order valence-electron chi connectivity index (χ3n) is 1.61. The molecule has 3 heteroatoms. The van der Waals surface area contributed by atoms with Gasteiger partial charge >= 0.3 is 0 Å². The van der Waals surface area contributed by atoms with Crippen LogP contribution in [0.1, 0.15) is 6.42 Å². The molecule has 0 fully saturated rings.